The van der Waals surface area contributed by atoms with E-state index in [4.69, 9.17) is 4.98 Å². The van der Waals surface area contributed by atoms with Crippen molar-refractivity contribution in [2.24, 2.45) is 0 Å². The van der Waals surface area contributed by atoms with Crippen LogP contribution in [-0.4, -0.2) is 14.1 Å². The number of nitrogens with zero attached hydrogens (tertiary/aromatic N) is 3. The second-order valence-electron chi connectivity index (χ2n) is 13.9. The SMILES string of the molecule is c1ccc(-c2cc(-c3ccccc3)nc(-c3ccc(-n4c5ccccc5c5c6c7ccccc7n(-c7ccccc7)c6c6ccccc6c54)cc3)c2)cc1. The van der Waals surface area contributed by atoms with E-state index < -0.39 is 0 Å². The maximum atomic E-state index is 5.21. The van der Waals surface area contributed by atoms with Crippen molar-refractivity contribution in [2.45, 2.75) is 0 Å². The summed E-state index contributed by atoms with van der Waals surface area (Å²) >= 11 is 0. The molecular weight excluding hydrogens is 655 g/mol. The van der Waals surface area contributed by atoms with Crippen LogP contribution >= 0.6 is 0 Å². The number of hydrogen-bond acceptors (Lipinski definition) is 1. The van der Waals surface area contributed by atoms with Gasteiger partial charge in [0, 0.05) is 54.8 Å². The first-order valence-electron chi connectivity index (χ1n) is 18.5. The second kappa shape index (κ2) is 12.2. The van der Waals surface area contributed by atoms with Crippen molar-refractivity contribution in [3.8, 4) is 45.0 Å². The van der Waals surface area contributed by atoms with Gasteiger partial charge in [0.1, 0.15) is 0 Å². The van der Waals surface area contributed by atoms with Gasteiger partial charge in [0.2, 0.25) is 0 Å². The lowest BCUT2D eigenvalue weighted by Gasteiger charge is -2.14. The highest BCUT2D eigenvalue weighted by Gasteiger charge is 2.24. The van der Waals surface area contributed by atoms with Crippen molar-refractivity contribution in [2.75, 3.05) is 0 Å². The molecular formula is C51H33N3. The molecule has 3 heteroatoms. The van der Waals surface area contributed by atoms with E-state index in [1.807, 2.05) is 6.07 Å². The molecule has 3 nitrogen and oxygen atoms in total. The summed E-state index contributed by atoms with van der Waals surface area (Å²) in [6.07, 6.45) is 0. The van der Waals surface area contributed by atoms with Gasteiger partial charge >= 0.3 is 0 Å². The summed E-state index contributed by atoms with van der Waals surface area (Å²) in [5.41, 5.74) is 13.5. The fourth-order valence-electron chi connectivity index (χ4n) is 8.52. The Morgan fingerprint density at radius 3 is 1.20 bits per heavy atom. The molecule has 252 valence electrons. The molecule has 3 heterocycles. The molecule has 0 aliphatic rings. The van der Waals surface area contributed by atoms with Gasteiger partial charge in [0.05, 0.1) is 33.5 Å². The van der Waals surface area contributed by atoms with Crippen LogP contribution in [0.15, 0.2) is 200 Å². The lowest BCUT2D eigenvalue weighted by Crippen LogP contribution is -1.97. The Kier molecular flexibility index (Phi) is 6.86. The quantitative estimate of drug-likeness (QED) is 0.177. The van der Waals surface area contributed by atoms with E-state index in [1.54, 1.807) is 0 Å². The summed E-state index contributed by atoms with van der Waals surface area (Å²) in [5, 5.41) is 7.52. The van der Waals surface area contributed by atoms with E-state index >= 15 is 0 Å². The molecule has 0 saturated heterocycles. The van der Waals surface area contributed by atoms with Gasteiger partial charge in [0.15, 0.2) is 0 Å². The molecule has 0 saturated carbocycles. The number of benzene rings is 8. The maximum absolute atomic E-state index is 5.21. The van der Waals surface area contributed by atoms with Gasteiger partial charge in [-0.05, 0) is 59.7 Å². The fourth-order valence-corrected chi connectivity index (χ4v) is 8.52. The largest absolute Gasteiger partial charge is 0.309 e. The Morgan fingerprint density at radius 2 is 0.685 bits per heavy atom. The number of pyridine rings is 1. The smallest absolute Gasteiger partial charge is 0.0715 e. The average Bonchev–Trinajstić information content (AvgIpc) is 3.79. The summed E-state index contributed by atoms with van der Waals surface area (Å²) in [6.45, 7) is 0. The number of aromatic nitrogens is 3. The molecule has 0 spiro atoms. The van der Waals surface area contributed by atoms with Crippen molar-refractivity contribution >= 4 is 54.4 Å². The number of rotatable bonds is 5. The van der Waals surface area contributed by atoms with Crippen molar-refractivity contribution in [1.82, 2.24) is 14.1 Å². The Bertz CT molecular complexity index is 3120. The molecule has 0 aliphatic heterocycles. The zero-order valence-corrected chi connectivity index (χ0v) is 29.4. The molecule has 0 unspecified atom stereocenters. The van der Waals surface area contributed by atoms with Gasteiger partial charge < -0.3 is 9.13 Å². The van der Waals surface area contributed by atoms with E-state index in [2.05, 4.69) is 203 Å². The molecule has 0 bridgehead atoms. The normalized spacial score (nSPS) is 11.7. The molecule has 0 radical (unpaired) electrons. The number of fused-ring (bicyclic) bond motifs is 10. The van der Waals surface area contributed by atoms with E-state index in [0.717, 1.165) is 39.5 Å². The van der Waals surface area contributed by atoms with Crippen LogP contribution in [0.1, 0.15) is 0 Å². The zero-order chi connectivity index (χ0) is 35.6. The fraction of sp³-hybridized carbons (Fsp3) is 0. The third-order valence-corrected chi connectivity index (χ3v) is 10.9. The molecule has 0 atom stereocenters. The Balaban J connectivity index is 1.17. The zero-order valence-electron chi connectivity index (χ0n) is 29.4. The standard InChI is InChI=1S/C51H33N3/c1-4-16-34(17-5-1)37-32-44(35-18-6-2-7-19-35)52-45(33-37)36-28-30-39(31-29-36)54-47-27-15-13-25-43(47)49-48-42-24-12-14-26-46(42)53(38-20-8-3-9-21-38)50(48)40-22-10-11-23-41(40)51(49)54/h1-33H. The Morgan fingerprint density at radius 1 is 0.296 bits per heavy atom. The third kappa shape index (κ3) is 4.65. The predicted octanol–water partition coefficient (Wildman–Crippen LogP) is 13.4. The van der Waals surface area contributed by atoms with Crippen LogP contribution < -0.4 is 0 Å². The molecule has 54 heavy (non-hydrogen) atoms. The average molecular weight is 688 g/mol. The van der Waals surface area contributed by atoms with Crippen molar-refractivity contribution in [3.63, 3.8) is 0 Å². The summed E-state index contributed by atoms with van der Waals surface area (Å²) < 4.78 is 4.92. The van der Waals surface area contributed by atoms with Gasteiger partial charge in [-0.25, -0.2) is 4.98 Å². The van der Waals surface area contributed by atoms with E-state index in [0.29, 0.717) is 0 Å². The minimum Gasteiger partial charge on any atom is -0.309 e. The van der Waals surface area contributed by atoms with Crippen LogP contribution in [0.5, 0.6) is 0 Å². The first-order chi connectivity index (χ1) is 26.8. The minimum absolute atomic E-state index is 0.949. The third-order valence-electron chi connectivity index (χ3n) is 10.9. The summed E-state index contributed by atoms with van der Waals surface area (Å²) in [4.78, 5) is 5.21. The monoisotopic (exact) mass is 687 g/mol. The Labute approximate surface area is 312 Å². The highest BCUT2D eigenvalue weighted by atomic mass is 15.0. The summed E-state index contributed by atoms with van der Waals surface area (Å²) in [5.74, 6) is 0. The van der Waals surface area contributed by atoms with Crippen molar-refractivity contribution in [1.29, 1.82) is 0 Å². The molecule has 11 rings (SSSR count). The van der Waals surface area contributed by atoms with Crippen LogP contribution in [0, 0.1) is 0 Å². The van der Waals surface area contributed by atoms with Gasteiger partial charge in [-0.3, -0.25) is 0 Å². The molecule has 0 amide bonds. The van der Waals surface area contributed by atoms with Gasteiger partial charge in [-0.15, -0.1) is 0 Å². The second-order valence-corrected chi connectivity index (χ2v) is 13.9. The van der Waals surface area contributed by atoms with Gasteiger partial charge in [0.25, 0.3) is 0 Å². The lowest BCUT2D eigenvalue weighted by atomic mass is 9.99. The molecule has 3 aromatic heterocycles. The summed E-state index contributed by atoms with van der Waals surface area (Å²) in [6, 6.07) is 71.8. The van der Waals surface area contributed by atoms with Crippen LogP contribution in [0.3, 0.4) is 0 Å². The van der Waals surface area contributed by atoms with E-state index in [-0.39, 0.29) is 0 Å². The van der Waals surface area contributed by atoms with Gasteiger partial charge in [-0.1, -0.05) is 152 Å². The van der Waals surface area contributed by atoms with Gasteiger partial charge in [-0.2, -0.15) is 0 Å². The molecule has 0 aliphatic carbocycles. The summed E-state index contributed by atoms with van der Waals surface area (Å²) in [7, 11) is 0. The predicted molar refractivity (Wildman–Crippen MR) is 227 cm³/mol. The Hall–Kier alpha value is -7.23. The minimum atomic E-state index is 0.949. The van der Waals surface area contributed by atoms with Crippen LogP contribution in [-0.2, 0) is 0 Å². The first kappa shape index (κ1) is 30.4. The van der Waals surface area contributed by atoms with E-state index in [1.165, 1.54) is 59.9 Å². The highest BCUT2D eigenvalue weighted by Crippen LogP contribution is 2.47. The molecule has 0 fully saturated rings. The first-order valence-corrected chi connectivity index (χ1v) is 18.5. The number of para-hydroxylation sites is 3. The van der Waals surface area contributed by atoms with Crippen molar-refractivity contribution in [3.05, 3.63) is 200 Å². The molecule has 0 N–H and O–H groups in total. The van der Waals surface area contributed by atoms with Crippen LogP contribution in [0.4, 0.5) is 0 Å². The topological polar surface area (TPSA) is 22.8 Å². The van der Waals surface area contributed by atoms with Crippen molar-refractivity contribution < 1.29 is 0 Å². The van der Waals surface area contributed by atoms with E-state index in [9.17, 15) is 0 Å². The highest BCUT2D eigenvalue weighted by molar-refractivity contribution is 6.37. The van der Waals surface area contributed by atoms with Crippen LogP contribution in [0.25, 0.3) is 99.4 Å². The number of hydrogen-bond donors (Lipinski definition) is 0. The van der Waals surface area contributed by atoms with Crippen LogP contribution in [0.2, 0.25) is 0 Å². The molecule has 8 aromatic carbocycles. The lowest BCUT2D eigenvalue weighted by molar-refractivity contribution is 1.18. The maximum Gasteiger partial charge on any atom is 0.0715 e. The molecule has 11 aromatic rings.